The number of methoxy groups -OCH3 is 1. The van der Waals surface area contributed by atoms with E-state index in [4.69, 9.17) is 23.5 Å². The smallest absolute Gasteiger partial charge is 0.490 e. The molecule has 0 N–H and O–H groups in total. The molecule has 260 valence electrons. The second kappa shape index (κ2) is 14.2. The molecule has 1 fully saturated rings. The minimum Gasteiger partial charge on any atom is -0.496 e. The van der Waals surface area contributed by atoms with E-state index in [-0.39, 0.29) is 42.3 Å². The molecule has 3 aliphatic heterocycles. The summed E-state index contributed by atoms with van der Waals surface area (Å²) in [5.41, 5.74) is -0.590. The second-order valence-electron chi connectivity index (χ2n) is 14.7. The quantitative estimate of drug-likeness (QED) is 0.191. The van der Waals surface area contributed by atoms with Gasteiger partial charge in [0.2, 0.25) is 5.82 Å². The van der Waals surface area contributed by atoms with Gasteiger partial charge in [0, 0.05) is 32.2 Å². The number of halogens is 1. The summed E-state index contributed by atoms with van der Waals surface area (Å²) in [6.45, 7) is 20.9. The predicted octanol–water partition coefficient (Wildman–Crippen LogP) is 6.95. The van der Waals surface area contributed by atoms with Crippen molar-refractivity contribution < 1.29 is 42.4 Å². The molecule has 0 spiro atoms. The van der Waals surface area contributed by atoms with Crippen LogP contribution in [-0.2, 0) is 18.8 Å². The zero-order valence-corrected chi connectivity index (χ0v) is 29.5. The number of hydrogen-bond acceptors (Lipinski definition) is 9. The number of nitro benzene ring substituents is 1. The van der Waals surface area contributed by atoms with E-state index < -0.39 is 33.7 Å². The molecule has 0 unspecified atom stereocenters. The third kappa shape index (κ3) is 9.69. The van der Waals surface area contributed by atoms with Gasteiger partial charge in [-0.1, -0.05) is 12.2 Å². The Kier molecular flexibility index (Phi) is 11.4. The molecule has 0 aliphatic carbocycles. The Bertz CT molecular complexity index is 1400. The normalized spacial score (nSPS) is 19.2. The molecule has 47 heavy (non-hydrogen) atoms. The molecule has 0 saturated carbocycles. The number of carbonyl (C=O) groups is 2. The molecule has 1 aromatic carbocycles. The molecule has 14 heteroatoms. The van der Waals surface area contributed by atoms with Crippen LogP contribution in [0.2, 0.25) is 0 Å². The zero-order valence-electron chi connectivity index (χ0n) is 29.5. The van der Waals surface area contributed by atoms with Crippen molar-refractivity contribution in [2.75, 3.05) is 33.3 Å². The van der Waals surface area contributed by atoms with Crippen LogP contribution < -0.4 is 4.74 Å². The van der Waals surface area contributed by atoms with Gasteiger partial charge in [0.1, 0.15) is 17.0 Å². The van der Waals surface area contributed by atoms with Crippen molar-refractivity contribution in [3.05, 3.63) is 51.3 Å². The van der Waals surface area contributed by atoms with Gasteiger partial charge in [-0.15, -0.1) is 0 Å². The molecule has 12 nitrogen and oxygen atoms in total. The van der Waals surface area contributed by atoms with Crippen molar-refractivity contribution >= 4 is 30.6 Å². The number of hydrogen-bond donors (Lipinski definition) is 0. The van der Waals surface area contributed by atoms with E-state index in [2.05, 4.69) is 0 Å². The van der Waals surface area contributed by atoms with E-state index in [1.165, 1.54) is 18.1 Å². The minimum absolute atomic E-state index is 0.0699. The molecule has 0 bridgehead atoms. The first kappa shape index (κ1) is 37.8. The van der Waals surface area contributed by atoms with Crippen LogP contribution in [0.1, 0.15) is 87.6 Å². The second-order valence-corrected chi connectivity index (χ2v) is 14.7. The molecule has 0 radical (unpaired) electrons. The summed E-state index contributed by atoms with van der Waals surface area (Å²) in [6, 6.07) is 2.45. The lowest BCUT2D eigenvalue weighted by molar-refractivity contribution is -0.387. The summed E-state index contributed by atoms with van der Waals surface area (Å²) < 4.78 is 42.5. The van der Waals surface area contributed by atoms with Gasteiger partial charge in [-0.2, -0.15) is 4.39 Å². The largest absolute Gasteiger partial charge is 0.496 e. The number of rotatable bonds is 4. The first-order chi connectivity index (χ1) is 21.5. The molecule has 4 rings (SSSR count). The fraction of sp³-hybridized carbons (Fsp3) is 0.636. The Hall–Kier alpha value is -3.65. The summed E-state index contributed by atoms with van der Waals surface area (Å²) in [5.74, 6) is -0.707. The number of ether oxygens (including phenoxy) is 3. The van der Waals surface area contributed by atoms with E-state index in [9.17, 15) is 24.1 Å². The van der Waals surface area contributed by atoms with Crippen LogP contribution in [0.25, 0.3) is 5.57 Å². The summed E-state index contributed by atoms with van der Waals surface area (Å²) in [4.78, 5) is 37.5. The minimum atomic E-state index is -0.929. The van der Waals surface area contributed by atoms with Gasteiger partial charge in [0.25, 0.3) is 0 Å². The maximum absolute atomic E-state index is 14.6. The van der Waals surface area contributed by atoms with Crippen molar-refractivity contribution in [1.82, 2.24) is 9.80 Å². The fourth-order valence-electron chi connectivity index (χ4n) is 4.93. The Morgan fingerprint density at radius 3 is 1.77 bits per heavy atom. The average molecular weight is 662 g/mol. The lowest BCUT2D eigenvalue weighted by Gasteiger charge is -2.32. The van der Waals surface area contributed by atoms with Crippen molar-refractivity contribution in [3.8, 4) is 5.75 Å². The first-order valence-corrected chi connectivity index (χ1v) is 15.8. The topological polar surface area (TPSA) is 130 Å². The van der Waals surface area contributed by atoms with Crippen LogP contribution in [0, 0.1) is 15.9 Å². The van der Waals surface area contributed by atoms with E-state index in [0.717, 1.165) is 18.0 Å². The van der Waals surface area contributed by atoms with Crippen LogP contribution >= 0.6 is 0 Å². The molecule has 3 heterocycles. The molecule has 1 aromatic rings. The van der Waals surface area contributed by atoms with Crippen LogP contribution in [0.3, 0.4) is 0 Å². The third-order valence-electron chi connectivity index (χ3n) is 8.13. The number of nitro groups is 1. The number of nitrogens with zero attached hydrogens (tertiary/aromatic N) is 3. The van der Waals surface area contributed by atoms with E-state index in [1.807, 2.05) is 54.5 Å². The number of benzene rings is 1. The van der Waals surface area contributed by atoms with Gasteiger partial charge < -0.3 is 33.3 Å². The zero-order chi connectivity index (χ0) is 35.5. The van der Waals surface area contributed by atoms with Gasteiger partial charge in [-0.05, 0) is 99.2 Å². The SMILES string of the molecule is CC(C)(C)OC(=O)N1CC=C(B2OC(C)(C)C(C)(C)O2)CC1.COc1ccc([N+](=O)[O-])c(F)c1C1=CCN(C(=O)OC(C)(C)C)CC1. The van der Waals surface area contributed by atoms with Crippen molar-refractivity contribution in [2.24, 2.45) is 0 Å². The molecule has 1 saturated heterocycles. The standard InChI is InChI=1S/C17H21FN2O5.C16H28BNO4/c1-17(2,3)25-16(21)19-9-7-11(8-10-19)14-13(24-4)6-5-12(15(14)18)20(22)23;1-14(2,3)20-13(19)18-10-8-12(9-11-18)17-21-15(4,5)16(6,7)22-17/h5-7H,8-10H2,1-4H3;8H,9-11H2,1-7H3. The molecular formula is C33H49BFN3O9. The molecule has 2 amide bonds. The summed E-state index contributed by atoms with van der Waals surface area (Å²) in [5, 5.41) is 11.0. The van der Waals surface area contributed by atoms with Crippen LogP contribution in [0.4, 0.5) is 19.7 Å². The van der Waals surface area contributed by atoms with E-state index >= 15 is 0 Å². The molecular weight excluding hydrogens is 612 g/mol. The highest BCUT2D eigenvalue weighted by molar-refractivity contribution is 6.54. The summed E-state index contributed by atoms with van der Waals surface area (Å²) >= 11 is 0. The van der Waals surface area contributed by atoms with E-state index in [1.54, 1.807) is 31.7 Å². The lowest BCUT2D eigenvalue weighted by atomic mass is 9.75. The maximum atomic E-state index is 14.6. The number of carbonyl (C=O) groups excluding carboxylic acids is 2. The predicted molar refractivity (Wildman–Crippen MR) is 177 cm³/mol. The Labute approximate surface area is 277 Å². The summed E-state index contributed by atoms with van der Waals surface area (Å²) in [6.07, 6.45) is 4.06. The van der Waals surface area contributed by atoms with Crippen LogP contribution in [0.15, 0.2) is 29.8 Å². The monoisotopic (exact) mass is 661 g/mol. The van der Waals surface area contributed by atoms with Crippen LogP contribution in [0.5, 0.6) is 5.75 Å². The van der Waals surface area contributed by atoms with E-state index in [0.29, 0.717) is 31.6 Å². The van der Waals surface area contributed by atoms with Crippen molar-refractivity contribution in [2.45, 2.75) is 104 Å². The fourth-order valence-corrected chi connectivity index (χ4v) is 4.93. The number of amides is 2. The lowest BCUT2D eigenvalue weighted by Crippen LogP contribution is -2.41. The van der Waals surface area contributed by atoms with Gasteiger partial charge in [-0.3, -0.25) is 10.1 Å². The van der Waals surface area contributed by atoms with Gasteiger partial charge in [0.05, 0.1) is 28.8 Å². The highest BCUT2D eigenvalue weighted by Crippen LogP contribution is 2.40. The maximum Gasteiger partial charge on any atom is 0.490 e. The van der Waals surface area contributed by atoms with Crippen molar-refractivity contribution in [3.63, 3.8) is 0 Å². The Morgan fingerprint density at radius 1 is 0.894 bits per heavy atom. The third-order valence-corrected chi connectivity index (χ3v) is 8.13. The van der Waals surface area contributed by atoms with Gasteiger partial charge >= 0.3 is 25.0 Å². The average Bonchev–Trinajstić information content (AvgIpc) is 3.17. The van der Waals surface area contributed by atoms with Crippen molar-refractivity contribution in [1.29, 1.82) is 0 Å². The van der Waals surface area contributed by atoms with Gasteiger partial charge in [0.15, 0.2) is 0 Å². The highest BCUT2D eigenvalue weighted by Gasteiger charge is 2.52. The van der Waals surface area contributed by atoms with Gasteiger partial charge in [-0.25, -0.2) is 9.59 Å². The molecule has 0 aromatic heterocycles. The highest BCUT2D eigenvalue weighted by atomic mass is 19.1. The van der Waals surface area contributed by atoms with Crippen LogP contribution in [-0.4, -0.2) is 89.7 Å². The molecule has 3 aliphatic rings. The Balaban J connectivity index is 0.000000257. The summed E-state index contributed by atoms with van der Waals surface area (Å²) in [7, 11) is 1.06. The Morgan fingerprint density at radius 2 is 1.38 bits per heavy atom. The first-order valence-electron chi connectivity index (χ1n) is 15.8. The molecule has 0 atom stereocenters.